The van der Waals surface area contributed by atoms with E-state index in [4.69, 9.17) is 10.5 Å². The van der Waals surface area contributed by atoms with Crippen molar-refractivity contribution in [3.8, 4) is 5.88 Å². The average molecular weight is 234 g/mol. The minimum Gasteiger partial charge on any atom is -0.474 e. The molecule has 1 aromatic heterocycles. The molecule has 0 radical (unpaired) electrons. The molecule has 3 nitrogen and oxygen atoms in total. The van der Waals surface area contributed by atoms with E-state index in [0.29, 0.717) is 12.6 Å². The standard InChI is InChI=1S/C14H22N2O/c1-11-12(10-15)8-9-14(16-11)17-13-6-4-2-3-5-7-13/h8-9,13H,2-7,10,15H2,1H3. The van der Waals surface area contributed by atoms with Gasteiger partial charge in [0.25, 0.3) is 0 Å². The van der Waals surface area contributed by atoms with Gasteiger partial charge in [-0.1, -0.05) is 18.9 Å². The molecule has 17 heavy (non-hydrogen) atoms. The molecule has 1 aliphatic rings. The molecule has 1 aliphatic carbocycles. The van der Waals surface area contributed by atoms with Gasteiger partial charge < -0.3 is 10.5 Å². The summed E-state index contributed by atoms with van der Waals surface area (Å²) in [5.41, 5.74) is 7.71. The fourth-order valence-corrected chi connectivity index (χ4v) is 2.38. The van der Waals surface area contributed by atoms with Gasteiger partial charge in [-0.05, 0) is 38.2 Å². The summed E-state index contributed by atoms with van der Waals surface area (Å²) in [5, 5.41) is 0. The van der Waals surface area contributed by atoms with E-state index in [1.54, 1.807) is 0 Å². The first-order valence-electron chi connectivity index (χ1n) is 6.63. The fraction of sp³-hybridized carbons (Fsp3) is 0.643. The smallest absolute Gasteiger partial charge is 0.213 e. The zero-order valence-corrected chi connectivity index (χ0v) is 10.6. The monoisotopic (exact) mass is 234 g/mol. The quantitative estimate of drug-likeness (QED) is 0.818. The van der Waals surface area contributed by atoms with Crippen LogP contribution in [-0.4, -0.2) is 11.1 Å². The highest BCUT2D eigenvalue weighted by Gasteiger charge is 2.14. The molecule has 0 bridgehead atoms. The Hall–Kier alpha value is -1.09. The second kappa shape index (κ2) is 6.01. The summed E-state index contributed by atoms with van der Waals surface area (Å²) >= 11 is 0. The van der Waals surface area contributed by atoms with Crippen LogP contribution >= 0.6 is 0 Å². The van der Waals surface area contributed by atoms with Crippen molar-refractivity contribution in [1.82, 2.24) is 4.98 Å². The van der Waals surface area contributed by atoms with E-state index in [1.807, 2.05) is 19.1 Å². The van der Waals surface area contributed by atoms with Crippen molar-refractivity contribution in [1.29, 1.82) is 0 Å². The third-order valence-corrected chi connectivity index (χ3v) is 3.48. The van der Waals surface area contributed by atoms with Gasteiger partial charge in [0.1, 0.15) is 6.10 Å². The minimum absolute atomic E-state index is 0.355. The largest absolute Gasteiger partial charge is 0.474 e. The second-order valence-electron chi connectivity index (χ2n) is 4.83. The molecule has 0 aromatic carbocycles. The van der Waals surface area contributed by atoms with Crippen molar-refractivity contribution in [3.05, 3.63) is 23.4 Å². The van der Waals surface area contributed by atoms with Gasteiger partial charge >= 0.3 is 0 Å². The van der Waals surface area contributed by atoms with Crippen LogP contribution in [0.3, 0.4) is 0 Å². The van der Waals surface area contributed by atoms with Crippen molar-refractivity contribution in [2.24, 2.45) is 5.73 Å². The Balaban J connectivity index is 1.99. The minimum atomic E-state index is 0.355. The highest BCUT2D eigenvalue weighted by molar-refractivity contribution is 5.24. The van der Waals surface area contributed by atoms with Gasteiger partial charge in [-0.3, -0.25) is 0 Å². The first-order chi connectivity index (χ1) is 8.29. The van der Waals surface area contributed by atoms with Gasteiger partial charge in [-0.15, -0.1) is 0 Å². The van der Waals surface area contributed by atoms with Gasteiger partial charge in [-0.2, -0.15) is 0 Å². The van der Waals surface area contributed by atoms with E-state index in [1.165, 1.54) is 38.5 Å². The van der Waals surface area contributed by atoms with Crippen molar-refractivity contribution in [2.75, 3.05) is 0 Å². The van der Waals surface area contributed by atoms with Crippen LogP contribution in [-0.2, 0) is 6.54 Å². The lowest BCUT2D eigenvalue weighted by atomic mass is 10.1. The Bertz CT molecular complexity index is 357. The van der Waals surface area contributed by atoms with Crippen LogP contribution < -0.4 is 10.5 Å². The molecule has 1 fully saturated rings. The Labute approximate surface area is 103 Å². The highest BCUT2D eigenvalue weighted by atomic mass is 16.5. The maximum Gasteiger partial charge on any atom is 0.213 e. The number of aryl methyl sites for hydroxylation is 1. The number of hydrogen-bond donors (Lipinski definition) is 1. The van der Waals surface area contributed by atoms with Crippen LogP contribution in [0.15, 0.2) is 12.1 Å². The summed E-state index contributed by atoms with van der Waals surface area (Å²) in [6, 6.07) is 3.97. The zero-order valence-electron chi connectivity index (χ0n) is 10.6. The van der Waals surface area contributed by atoms with Crippen molar-refractivity contribution in [3.63, 3.8) is 0 Å². The molecule has 3 heteroatoms. The SMILES string of the molecule is Cc1nc(OC2CCCCCC2)ccc1CN. The van der Waals surface area contributed by atoms with Crippen molar-refractivity contribution in [2.45, 2.75) is 58.1 Å². The van der Waals surface area contributed by atoms with Gasteiger partial charge in [0.15, 0.2) is 0 Å². The third kappa shape index (κ3) is 3.43. The third-order valence-electron chi connectivity index (χ3n) is 3.48. The molecule has 0 saturated heterocycles. The molecule has 0 amide bonds. The lowest BCUT2D eigenvalue weighted by Gasteiger charge is -2.16. The maximum atomic E-state index is 5.96. The molecule has 1 saturated carbocycles. The van der Waals surface area contributed by atoms with Crippen LogP contribution in [0.1, 0.15) is 49.8 Å². The van der Waals surface area contributed by atoms with E-state index in [0.717, 1.165) is 17.1 Å². The topological polar surface area (TPSA) is 48.1 Å². The summed E-state index contributed by atoms with van der Waals surface area (Å²) in [7, 11) is 0. The Morgan fingerprint density at radius 3 is 2.53 bits per heavy atom. The Morgan fingerprint density at radius 2 is 1.94 bits per heavy atom. The first kappa shape index (κ1) is 12.4. The van der Waals surface area contributed by atoms with Crippen LogP contribution in [0.25, 0.3) is 0 Å². The van der Waals surface area contributed by atoms with Gasteiger partial charge in [-0.25, -0.2) is 4.98 Å². The first-order valence-corrected chi connectivity index (χ1v) is 6.63. The van der Waals surface area contributed by atoms with Gasteiger partial charge in [0.05, 0.1) is 0 Å². The van der Waals surface area contributed by atoms with Crippen molar-refractivity contribution >= 4 is 0 Å². The van der Waals surface area contributed by atoms with Crippen LogP contribution in [0.2, 0.25) is 0 Å². The van der Waals surface area contributed by atoms with Gasteiger partial charge in [0.2, 0.25) is 5.88 Å². The lowest BCUT2D eigenvalue weighted by Crippen LogP contribution is -2.16. The Kier molecular flexibility index (Phi) is 4.37. The normalized spacial score (nSPS) is 17.8. The Morgan fingerprint density at radius 1 is 1.24 bits per heavy atom. The summed E-state index contributed by atoms with van der Waals surface area (Å²) in [5.74, 6) is 0.756. The molecule has 1 heterocycles. The van der Waals surface area contributed by atoms with Gasteiger partial charge in [0, 0.05) is 18.3 Å². The van der Waals surface area contributed by atoms with E-state index >= 15 is 0 Å². The van der Waals surface area contributed by atoms with E-state index in [-0.39, 0.29) is 0 Å². The summed E-state index contributed by atoms with van der Waals surface area (Å²) in [6.07, 6.45) is 7.94. The van der Waals surface area contributed by atoms with Crippen LogP contribution in [0.4, 0.5) is 0 Å². The second-order valence-corrected chi connectivity index (χ2v) is 4.83. The molecular weight excluding hydrogens is 212 g/mol. The molecule has 2 rings (SSSR count). The molecule has 2 N–H and O–H groups in total. The van der Waals surface area contributed by atoms with Crippen LogP contribution in [0.5, 0.6) is 5.88 Å². The summed E-state index contributed by atoms with van der Waals surface area (Å²) in [4.78, 5) is 4.47. The number of pyridine rings is 1. The van der Waals surface area contributed by atoms with E-state index < -0.39 is 0 Å². The molecule has 0 spiro atoms. The maximum absolute atomic E-state index is 5.96. The lowest BCUT2D eigenvalue weighted by molar-refractivity contribution is 0.176. The summed E-state index contributed by atoms with van der Waals surface area (Å²) in [6.45, 7) is 2.53. The van der Waals surface area contributed by atoms with E-state index in [2.05, 4.69) is 4.98 Å². The predicted molar refractivity (Wildman–Crippen MR) is 69.0 cm³/mol. The number of aromatic nitrogens is 1. The number of nitrogens with zero attached hydrogens (tertiary/aromatic N) is 1. The number of nitrogens with two attached hydrogens (primary N) is 1. The highest BCUT2D eigenvalue weighted by Crippen LogP contribution is 2.22. The number of hydrogen-bond acceptors (Lipinski definition) is 3. The molecule has 0 atom stereocenters. The van der Waals surface area contributed by atoms with Crippen molar-refractivity contribution < 1.29 is 4.74 Å². The molecule has 1 aromatic rings. The molecule has 0 aliphatic heterocycles. The zero-order chi connectivity index (χ0) is 12.1. The molecule has 94 valence electrons. The fourth-order valence-electron chi connectivity index (χ4n) is 2.38. The molecule has 0 unspecified atom stereocenters. The predicted octanol–water partition coefficient (Wildman–Crippen LogP) is 2.95. The molecular formula is C14H22N2O. The van der Waals surface area contributed by atoms with Crippen LogP contribution in [0, 0.1) is 6.92 Å². The number of rotatable bonds is 3. The van der Waals surface area contributed by atoms with E-state index in [9.17, 15) is 0 Å². The summed E-state index contributed by atoms with van der Waals surface area (Å²) < 4.78 is 5.96. The number of ether oxygens (including phenoxy) is 1. The average Bonchev–Trinajstić information content (AvgIpc) is 2.58.